The number of sulfonamides is 1. The van der Waals surface area contributed by atoms with Crippen molar-refractivity contribution >= 4 is 27.6 Å². The molecule has 1 aliphatic heterocycles. The Kier molecular flexibility index (Phi) is 8.91. The van der Waals surface area contributed by atoms with Crippen LogP contribution in [-0.4, -0.2) is 43.5 Å². The fourth-order valence-corrected chi connectivity index (χ4v) is 6.13. The zero-order valence-electron chi connectivity index (χ0n) is 23.3. The molecule has 4 rings (SSSR count). The van der Waals surface area contributed by atoms with Gasteiger partial charge in [-0.1, -0.05) is 37.3 Å². The van der Waals surface area contributed by atoms with E-state index in [1.54, 1.807) is 44.2 Å². The number of hydrogen-bond acceptors (Lipinski definition) is 7. The Hall–Kier alpha value is -3.67. The number of alkyl halides is 3. The molecule has 220 valence electrons. The van der Waals surface area contributed by atoms with Crippen molar-refractivity contribution in [1.82, 2.24) is 9.97 Å². The quantitative estimate of drug-likeness (QED) is 0.318. The Bertz CT molecular complexity index is 1510. The SMILES string of the molecule is CCOC(=O)C(C)C1CCN(c2cccc(S(=O)(=O)Nc3ccc(C(F)(F)F)c(-c4ccccc4C)n3)n2)C(C)C1. The van der Waals surface area contributed by atoms with Crippen LogP contribution in [0.1, 0.15) is 44.7 Å². The summed E-state index contributed by atoms with van der Waals surface area (Å²) in [5, 5.41) is -0.289. The topological polar surface area (TPSA) is 101 Å². The minimum Gasteiger partial charge on any atom is -0.466 e. The highest BCUT2D eigenvalue weighted by Gasteiger charge is 2.36. The van der Waals surface area contributed by atoms with E-state index in [0.29, 0.717) is 37.4 Å². The summed E-state index contributed by atoms with van der Waals surface area (Å²) in [6.07, 6.45) is -3.28. The van der Waals surface area contributed by atoms with Gasteiger partial charge in [-0.05, 0) is 69.4 Å². The maximum absolute atomic E-state index is 13.8. The molecule has 41 heavy (non-hydrogen) atoms. The van der Waals surface area contributed by atoms with Crippen LogP contribution >= 0.6 is 0 Å². The van der Waals surface area contributed by atoms with E-state index in [9.17, 15) is 26.4 Å². The van der Waals surface area contributed by atoms with Crippen molar-refractivity contribution in [2.75, 3.05) is 22.8 Å². The van der Waals surface area contributed by atoms with E-state index >= 15 is 0 Å². The Morgan fingerprint density at radius 2 is 1.85 bits per heavy atom. The highest BCUT2D eigenvalue weighted by atomic mass is 32.2. The Morgan fingerprint density at radius 3 is 2.51 bits per heavy atom. The average Bonchev–Trinajstić information content (AvgIpc) is 2.92. The summed E-state index contributed by atoms with van der Waals surface area (Å²) in [6, 6.07) is 12.8. The average molecular weight is 591 g/mol. The fraction of sp³-hybridized carbons (Fsp3) is 0.414. The van der Waals surface area contributed by atoms with Gasteiger partial charge in [0.15, 0.2) is 5.03 Å². The number of pyridine rings is 2. The van der Waals surface area contributed by atoms with E-state index in [-0.39, 0.29) is 45.9 Å². The second kappa shape index (κ2) is 12.1. The van der Waals surface area contributed by atoms with Crippen LogP contribution in [0.4, 0.5) is 24.8 Å². The molecule has 3 atom stereocenters. The molecule has 0 amide bonds. The van der Waals surface area contributed by atoms with E-state index in [2.05, 4.69) is 14.7 Å². The lowest BCUT2D eigenvalue weighted by Gasteiger charge is -2.40. The molecule has 1 aliphatic rings. The van der Waals surface area contributed by atoms with Crippen molar-refractivity contribution in [2.45, 2.75) is 57.8 Å². The lowest BCUT2D eigenvalue weighted by atomic mass is 9.82. The summed E-state index contributed by atoms with van der Waals surface area (Å²) >= 11 is 0. The first-order valence-corrected chi connectivity index (χ1v) is 14.9. The van der Waals surface area contributed by atoms with Gasteiger partial charge in [0.25, 0.3) is 10.0 Å². The van der Waals surface area contributed by atoms with Crippen molar-refractivity contribution in [3.8, 4) is 11.3 Å². The molecule has 0 radical (unpaired) electrons. The number of esters is 1. The Morgan fingerprint density at radius 1 is 1.12 bits per heavy atom. The van der Waals surface area contributed by atoms with Crippen LogP contribution in [0.3, 0.4) is 0 Å². The third-order valence-electron chi connectivity index (χ3n) is 7.40. The predicted molar refractivity (Wildman–Crippen MR) is 150 cm³/mol. The lowest BCUT2D eigenvalue weighted by molar-refractivity contribution is -0.149. The summed E-state index contributed by atoms with van der Waals surface area (Å²) in [6.45, 7) is 8.18. The molecule has 12 heteroatoms. The number of ether oxygens (including phenoxy) is 1. The maximum atomic E-state index is 13.8. The standard InChI is InChI=1S/C29H33F3N4O4S/c1-5-40-28(37)20(4)21-15-16-36(19(3)17-21)25-11-8-12-26(34-25)41(38,39)35-24-14-13-23(29(30,31)32)27(33-24)22-10-7-6-9-18(22)2/h6-14,19-21H,5,15-17H2,1-4H3,(H,33,35). The van der Waals surface area contributed by atoms with E-state index in [1.165, 1.54) is 12.1 Å². The number of carbonyl (C=O) groups is 1. The van der Waals surface area contributed by atoms with Crippen molar-refractivity contribution in [3.05, 3.63) is 65.7 Å². The van der Waals surface area contributed by atoms with Gasteiger partial charge in [0.1, 0.15) is 11.6 Å². The maximum Gasteiger partial charge on any atom is 0.418 e. The molecule has 2 aromatic heterocycles. The molecule has 0 aliphatic carbocycles. The van der Waals surface area contributed by atoms with Gasteiger partial charge in [-0.25, -0.2) is 9.97 Å². The van der Waals surface area contributed by atoms with E-state index in [0.717, 1.165) is 12.1 Å². The molecule has 3 heterocycles. The minimum atomic E-state index is -4.68. The predicted octanol–water partition coefficient (Wildman–Crippen LogP) is 6.08. The van der Waals surface area contributed by atoms with Crippen LogP contribution in [-0.2, 0) is 25.7 Å². The lowest BCUT2D eigenvalue weighted by Crippen LogP contribution is -2.44. The number of piperidine rings is 1. The molecule has 1 saturated heterocycles. The third-order valence-corrected chi connectivity index (χ3v) is 8.66. The number of nitrogens with one attached hydrogen (secondary N) is 1. The van der Waals surface area contributed by atoms with Crippen LogP contribution in [0.2, 0.25) is 0 Å². The smallest absolute Gasteiger partial charge is 0.418 e. The van der Waals surface area contributed by atoms with Crippen molar-refractivity contribution in [1.29, 1.82) is 0 Å². The van der Waals surface area contributed by atoms with Gasteiger partial charge >= 0.3 is 12.1 Å². The van der Waals surface area contributed by atoms with Gasteiger partial charge < -0.3 is 9.64 Å². The number of aromatic nitrogens is 2. The summed E-state index contributed by atoms with van der Waals surface area (Å²) in [5.41, 5.74) is -0.527. The second-order valence-corrected chi connectivity index (χ2v) is 11.8. The molecule has 3 aromatic rings. The zero-order valence-corrected chi connectivity index (χ0v) is 24.1. The van der Waals surface area contributed by atoms with Crippen LogP contribution in [0.15, 0.2) is 59.6 Å². The molecular formula is C29H33F3N4O4S. The Balaban J connectivity index is 1.57. The number of aryl methyl sites for hydroxylation is 1. The van der Waals surface area contributed by atoms with Crippen LogP contribution in [0.25, 0.3) is 11.3 Å². The van der Waals surface area contributed by atoms with Gasteiger partial charge in [0, 0.05) is 18.2 Å². The number of anilines is 2. The molecule has 1 fully saturated rings. The van der Waals surface area contributed by atoms with Gasteiger partial charge in [0.05, 0.1) is 23.8 Å². The molecule has 3 unspecified atom stereocenters. The first-order valence-electron chi connectivity index (χ1n) is 13.4. The molecule has 0 spiro atoms. The van der Waals surface area contributed by atoms with Crippen molar-refractivity contribution in [2.24, 2.45) is 11.8 Å². The third kappa shape index (κ3) is 6.80. The van der Waals surface area contributed by atoms with Crippen molar-refractivity contribution < 1.29 is 31.1 Å². The Labute approximate surface area is 238 Å². The van der Waals surface area contributed by atoms with Gasteiger partial charge in [-0.15, -0.1) is 0 Å². The number of benzene rings is 1. The normalized spacial score (nSPS) is 18.6. The molecule has 1 aromatic carbocycles. The molecular weight excluding hydrogens is 557 g/mol. The first kappa shape index (κ1) is 30.3. The summed E-state index contributed by atoms with van der Waals surface area (Å²) in [7, 11) is -4.28. The molecule has 0 saturated carbocycles. The van der Waals surface area contributed by atoms with Crippen LogP contribution < -0.4 is 9.62 Å². The summed E-state index contributed by atoms with van der Waals surface area (Å²) in [5.74, 6) is -0.154. The van der Waals surface area contributed by atoms with Crippen LogP contribution in [0.5, 0.6) is 0 Å². The van der Waals surface area contributed by atoms with E-state index in [4.69, 9.17) is 4.74 Å². The number of carbonyl (C=O) groups excluding carboxylic acids is 1. The second-order valence-electron chi connectivity index (χ2n) is 10.2. The number of halogens is 3. The largest absolute Gasteiger partial charge is 0.466 e. The first-order chi connectivity index (χ1) is 19.3. The monoisotopic (exact) mass is 590 g/mol. The summed E-state index contributed by atoms with van der Waals surface area (Å²) < 4.78 is 75.4. The molecule has 1 N–H and O–H groups in total. The minimum absolute atomic E-state index is 0.0164. The highest BCUT2D eigenvalue weighted by molar-refractivity contribution is 7.92. The number of rotatable bonds is 8. The van der Waals surface area contributed by atoms with Gasteiger partial charge in [-0.3, -0.25) is 9.52 Å². The van der Waals surface area contributed by atoms with Gasteiger partial charge in [-0.2, -0.15) is 21.6 Å². The molecule has 0 bridgehead atoms. The fourth-order valence-electron chi connectivity index (χ4n) is 5.16. The summed E-state index contributed by atoms with van der Waals surface area (Å²) in [4.78, 5) is 22.6. The number of nitrogens with zero attached hydrogens (tertiary/aromatic N) is 3. The number of hydrogen-bond donors (Lipinski definition) is 1. The molecule has 8 nitrogen and oxygen atoms in total. The van der Waals surface area contributed by atoms with Gasteiger partial charge in [0.2, 0.25) is 0 Å². The van der Waals surface area contributed by atoms with E-state index < -0.39 is 21.8 Å². The van der Waals surface area contributed by atoms with Crippen LogP contribution in [0, 0.1) is 18.8 Å². The van der Waals surface area contributed by atoms with Crippen molar-refractivity contribution in [3.63, 3.8) is 0 Å². The van der Waals surface area contributed by atoms with E-state index in [1.807, 2.05) is 18.7 Å². The zero-order chi connectivity index (χ0) is 29.9. The highest BCUT2D eigenvalue weighted by Crippen LogP contribution is 2.38.